The Bertz CT molecular complexity index is 3490. The van der Waals surface area contributed by atoms with Gasteiger partial charge in [-0.3, -0.25) is 0 Å². The molecule has 0 fully saturated rings. The van der Waals surface area contributed by atoms with Crippen molar-refractivity contribution >= 4 is 21.5 Å². The average molecular weight is 867 g/mol. The Labute approximate surface area is 395 Å². The second kappa shape index (κ2) is 17.7. The monoisotopic (exact) mass is 866 g/mol. The van der Waals surface area contributed by atoms with Gasteiger partial charge in [0.05, 0.1) is 22.8 Å². The first-order chi connectivity index (χ1) is 33.6. The Morgan fingerprint density at radius 2 is 0.412 bits per heavy atom. The summed E-state index contributed by atoms with van der Waals surface area (Å²) in [6, 6.07) is 89.4. The van der Waals surface area contributed by atoms with Gasteiger partial charge in [0, 0.05) is 33.4 Å². The number of benzene rings is 10. The molecular weight excluding hydrogens is 825 g/mol. The number of hydrogen-bond donors (Lipinski definition) is 0. The highest BCUT2D eigenvalue weighted by atomic mass is 14.9. The molecule has 0 atom stereocenters. The number of fused-ring (bicyclic) bond motifs is 2. The standard InChI is InChI=1S/C64H42N4/c1-3-11-43(12-4-1)47-19-29-51(30-20-47)59-41-61(57-37-27-45-15-7-9-17-55(45)39-57)67-63(65-59)53-33-23-49(24-34-53)50-25-35-54(36-26-50)64-66-60(52-31-21-48(22-32-52)44-13-5-2-6-14-44)42-62(68-64)58-38-28-46-16-8-10-18-56(46)40-58/h1-42H. The zero-order chi connectivity index (χ0) is 45.2. The van der Waals surface area contributed by atoms with Gasteiger partial charge in [0.2, 0.25) is 0 Å². The molecule has 10 aromatic carbocycles. The van der Waals surface area contributed by atoms with E-state index in [1.165, 1.54) is 43.8 Å². The molecule has 0 aliphatic heterocycles. The van der Waals surface area contributed by atoms with E-state index in [0.29, 0.717) is 11.6 Å². The minimum atomic E-state index is 0.675. The molecular formula is C64H42N4. The Morgan fingerprint density at radius 3 is 0.765 bits per heavy atom. The van der Waals surface area contributed by atoms with E-state index >= 15 is 0 Å². The SMILES string of the molecule is c1ccc(-c2ccc(-c3cc(-c4ccc5ccccc5c4)nc(-c4ccc(-c5ccc(-c6nc(-c7ccc(-c8ccccc8)cc7)cc(-c7ccc8ccccc8c7)n6)cc5)cc4)n3)cc2)cc1. The molecule has 0 amide bonds. The van der Waals surface area contributed by atoms with Crippen molar-refractivity contribution in [1.29, 1.82) is 0 Å². The van der Waals surface area contributed by atoms with Crippen LogP contribution in [0.4, 0.5) is 0 Å². The first kappa shape index (κ1) is 40.4. The van der Waals surface area contributed by atoms with Crippen LogP contribution in [-0.4, -0.2) is 19.9 Å². The van der Waals surface area contributed by atoms with Gasteiger partial charge in [0.25, 0.3) is 0 Å². The molecule has 4 nitrogen and oxygen atoms in total. The molecule has 12 aromatic rings. The molecule has 0 aliphatic rings. The summed E-state index contributed by atoms with van der Waals surface area (Å²) in [6.45, 7) is 0. The fourth-order valence-corrected chi connectivity index (χ4v) is 8.99. The van der Waals surface area contributed by atoms with Crippen molar-refractivity contribution in [3.8, 4) is 101 Å². The van der Waals surface area contributed by atoms with Crippen LogP contribution in [0.3, 0.4) is 0 Å². The molecule has 0 bridgehead atoms. The van der Waals surface area contributed by atoms with Gasteiger partial charge >= 0.3 is 0 Å². The fourth-order valence-electron chi connectivity index (χ4n) is 8.99. The highest BCUT2D eigenvalue weighted by molar-refractivity contribution is 5.89. The maximum absolute atomic E-state index is 5.18. The number of rotatable bonds is 9. The van der Waals surface area contributed by atoms with Crippen LogP contribution in [0.5, 0.6) is 0 Å². The number of aromatic nitrogens is 4. The molecule has 2 aromatic heterocycles. The summed E-state index contributed by atoms with van der Waals surface area (Å²) in [5, 5.41) is 4.74. The van der Waals surface area contributed by atoms with Crippen LogP contribution in [0.15, 0.2) is 255 Å². The molecule has 68 heavy (non-hydrogen) atoms. The molecule has 0 radical (unpaired) electrons. The third-order valence-corrected chi connectivity index (χ3v) is 12.7. The van der Waals surface area contributed by atoms with Gasteiger partial charge in [0.15, 0.2) is 11.6 Å². The number of hydrogen-bond acceptors (Lipinski definition) is 4. The van der Waals surface area contributed by atoms with Gasteiger partial charge in [0.1, 0.15) is 0 Å². The smallest absolute Gasteiger partial charge is 0.160 e. The molecule has 0 saturated carbocycles. The first-order valence-corrected chi connectivity index (χ1v) is 22.9. The van der Waals surface area contributed by atoms with Gasteiger partial charge in [-0.1, -0.05) is 231 Å². The lowest BCUT2D eigenvalue weighted by atomic mass is 10.00. The molecule has 0 aliphatic carbocycles. The quantitative estimate of drug-likeness (QED) is 0.145. The summed E-state index contributed by atoms with van der Waals surface area (Å²) in [4.78, 5) is 20.7. The first-order valence-electron chi connectivity index (χ1n) is 22.9. The normalized spacial score (nSPS) is 11.2. The lowest BCUT2D eigenvalue weighted by Gasteiger charge is -2.12. The zero-order valence-electron chi connectivity index (χ0n) is 37.0. The minimum absolute atomic E-state index is 0.675. The van der Waals surface area contributed by atoms with Crippen LogP contribution in [0.2, 0.25) is 0 Å². The average Bonchev–Trinajstić information content (AvgIpc) is 3.43. The highest BCUT2D eigenvalue weighted by Crippen LogP contribution is 2.34. The van der Waals surface area contributed by atoms with Crippen molar-refractivity contribution in [2.75, 3.05) is 0 Å². The molecule has 0 unspecified atom stereocenters. The van der Waals surface area contributed by atoms with E-state index in [2.05, 4.69) is 243 Å². The van der Waals surface area contributed by atoms with Crippen molar-refractivity contribution in [3.05, 3.63) is 255 Å². The van der Waals surface area contributed by atoms with Crippen LogP contribution in [0.1, 0.15) is 0 Å². The Balaban J connectivity index is 0.871. The topological polar surface area (TPSA) is 51.6 Å². The lowest BCUT2D eigenvalue weighted by molar-refractivity contribution is 1.18. The molecule has 4 heteroatoms. The van der Waals surface area contributed by atoms with E-state index in [1.807, 2.05) is 12.1 Å². The van der Waals surface area contributed by atoms with Crippen LogP contribution in [0, 0.1) is 0 Å². The molecule has 318 valence electrons. The predicted molar refractivity (Wildman–Crippen MR) is 282 cm³/mol. The third kappa shape index (κ3) is 8.23. The minimum Gasteiger partial charge on any atom is -0.228 e. The molecule has 12 rings (SSSR count). The highest BCUT2D eigenvalue weighted by Gasteiger charge is 2.15. The van der Waals surface area contributed by atoms with Gasteiger partial charge < -0.3 is 0 Å². The van der Waals surface area contributed by atoms with Crippen LogP contribution >= 0.6 is 0 Å². The maximum atomic E-state index is 5.18. The van der Waals surface area contributed by atoms with Gasteiger partial charge in [-0.25, -0.2) is 19.9 Å². The molecule has 0 N–H and O–H groups in total. The number of nitrogens with zero attached hydrogens (tertiary/aromatic N) is 4. The van der Waals surface area contributed by atoms with E-state index in [4.69, 9.17) is 19.9 Å². The zero-order valence-corrected chi connectivity index (χ0v) is 37.0. The van der Waals surface area contributed by atoms with Gasteiger partial charge in [-0.05, 0) is 79.2 Å². The van der Waals surface area contributed by atoms with Gasteiger partial charge in [-0.2, -0.15) is 0 Å². The largest absolute Gasteiger partial charge is 0.228 e. The second-order valence-corrected chi connectivity index (χ2v) is 17.1. The van der Waals surface area contributed by atoms with Crippen LogP contribution in [0.25, 0.3) is 123 Å². The summed E-state index contributed by atoms with van der Waals surface area (Å²) in [7, 11) is 0. The third-order valence-electron chi connectivity index (χ3n) is 12.7. The Hall–Kier alpha value is -9.12. The van der Waals surface area contributed by atoms with Crippen LogP contribution in [-0.2, 0) is 0 Å². The summed E-state index contributed by atoms with van der Waals surface area (Å²) < 4.78 is 0. The summed E-state index contributed by atoms with van der Waals surface area (Å²) in [5.74, 6) is 1.35. The van der Waals surface area contributed by atoms with Crippen molar-refractivity contribution in [1.82, 2.24) is 19.9 Å². The van der Waals surface area contributed by atoms with Crippen molar-refractivity contribution in [3.63, 3.8) is 0 Å². The fraction of sp³-hybridized carbons (Fsp3) is 0. The van der Waals surface area contributed by atoms with E-state index < -0.39 is 0 Å². The predicted octanol–water partition coefficient (Wildman–Crippen LogP) is 16.6. The molecule has 0 saturated heterocycles. The molecule has 2 heterocycles. The van der Waals surface area contributed by atoms with Crippen molar-refractivity contribution in [2.24, 2.45) is 0 Å². The van der Waals surface area contributed by atoms with Gasteiger partial charge in [-0.15, -0.1) is 0 Å². The van der Waals surface area contributed by atoms with Crippen LogP contribution < -0.4 is 0 Å². The Kier molecular flexibility index (Phi) is 10.5. The van der Waals surface area contributed by atoms with E-state index in [1.54, 1.807) is 0 Å². The second-order valence-electron chi connectivity index (χ2n) is 17.1. The maximum Gasteiger partial charge on any atom is 0.160 e. The summed E-state index contributed by atoms with van der Waals surface area (Å²) in [5.41, 5.74) is 16.4. The van der Waals surface area contributed by atoms with Crippen molar-refractivity contribution in [2.45, 2.75) is 0 Å². The summed E-state index contributed by atoms with van der Waals surface area (Å²) >= 11 is 0. The summed E-state index contributed by atoms with van der Waals surface area (Å²) in [6.07, 6.45) is 0. The van der Waals surface area contributed by atoms with Crippen molar-refractivity contribution < 1.29 is 0 Å². The van der Waals surface area contributed by atoms with E-state index in [9.17, 15) is 0 Å². The van der Waals surface area contributed by atoms with E-state index in [-0.39, 0.29) is 0 Å². The lowest BCUT2D eigenvalue weighted by Crippen LogP contribution is -1.96. The molecule has 0 spiro atoms. The Morgan fingerprint density at radius 1 is 0.162 bits per heavy atom. The van der Waals surface area contributed by atoms with E-state index in [0.717, 1.165) is 67.3 Å².